The highest BCUT2D eigenvalue weighted by Crippen LogP contribution is 2.25. The van der Waals surface area contributed by atoms with E-state index in [0.717, 1.165) is 51.1 Å². The molecule has 4 heteroatoms. The van der Waals surface area contributed by atoms with Crippen LogP contribution in [-0.2, 0) is 24.1 Å². The maximum atomic E-state index is 10.8. The van der Waals surface area contributed by atoms with Crippen LogP contribution in [0.1, 0.15) is 29.5 Å². The van der Waals surface area contributed by atoms with Crippen molar-refractivity contribution in [3.63, 3.8) is 0 Å². The first-order chi connectivity index (χ1) is 14.7. The first kappa shape index (κ1) is 20.4. The van der Waals surface area contributed by atoms with Crippen LogP contribution < -0.4 is 9.64 Å². The van der Waals surface area contributed by atoms with Crippen molar-refractivity contribution in [1.29, 1.82) is 0 Å². The molecule has 1 aliphatic rings. The minimum atomic E-state index is -0.700. The van der Waals surface area contributed by atoms with Gasteiger partial charge in [-0.05, 0) is 28.0 Å². The maximum Gasteiger partial charge on any atom is 0.303 e. The summed E-state index contributed by atoms with van der Waals surface area (Å²) in [5.74, 6) is 0.314. The average Bonchev–Trinajstić information content (AvgIpc) is 2.97. The van der Waals surface area contributed by atoms with E-state index in [9.17, 15) is 4.79 Å². The van der Waals surface area contributed by atoms with Crippen molar-refractivity contribution >= 4 is 16.7 Å². The summed E-state index contributed by atoms with van der Waals surface area (Å²) in [5, 5.41) is 11.4. The second-order valence-corrected chi connectivity index (χ2v) is 8.13. The van der Waals surface area contributed by atoms with Gasteiger partial charge in [0.05, 0.1) is 32.7 Å². The van der Waals surface area contributed by atoms with E-state index in [1.807, 2.05) is 0 Å². The Bertz CT molecular complexity index is 1010. The zero-order valence-electron chi connectivity index (χ0n) is 17.4. The lowest BCUT2D eigenvalue weighted by Gasteiger charge is -2.16. The first-order valence-corrected chi connectivity index (χ1v) is 11.0. The van der Waals surface area contributed by atoms with E-state index in [1.165, 1.54) is 32.4 Å². The SMILES string of the molecule is O=C(O)CCC[NH+]1CCc2cccc(OCCc3cccc4ccccc34)c2CC1. The molecule has 0 aromatic heterocycles. The Morgan fingerprint density at radius 1 is 0.967 bits per heavy atom. The molecule has 0 fully saturated rings. The molecule has 1 unspecified atom stereocenters. The molecule has 1 atom stereocenters. The molecule has 0 aliphatic carbocycles. The molecular weight excluding hydrogens is 374 g/mol. The Labute approximate surface area is 178 Å². The van der Waals surface area contributed by atoms with E-state index in [2.05, 4.69) is 60.7 Å². The van der Waals surface area contributed by atoms with Crippen LogP contribution in [0.25, 0.3) is 10.8 Å². The summed E-state index contributed by atoms with van der Waals surface area (Å²) in [4.78, 5) is 12.3. The van der Waals surface area contributed by atoms with Crippen LogP contribution in [0.4, 0.5) is 0 Å². The second-order valence-electron chi connectivity index (χ2n) is 8.13. The largest absolute Gasteiger partial charge is 0.493 e. The smallest absolute Gasteiger partial charge is 0.303 e. The molecule has 30 heavy (non-hydrogen) atoms. The van der Waals surface area contributed by atoms with Gasteiger partial charge < -0.3 is 14.7 Å². The van der Waals surface area contributed by atoms with Gasteiger partial charge in [-0.3, -0.25) is 4.79 Å². The van der Waals surface area contributed by atoms with Crippen molar-refractivity contribution in [3.8, 4) is 5.75 Å². The van der Waals surface area contributed by atoms with Crippen molar-refractivity contribution in [2.24, 2.45) is 0 Å². The third-order valence-electron chi connectivity index (χ3n) is 6.14. The number of quaternary nitrogens is 1. The van der Waals surface area contributed by atoms with Crippen LogP contribution in [0.15, 0.2) is 60.7 Å². The predicted octanol–water partition coefficient (Wildman–Crippen LogP) is 3.31. The van der Waals surface area contributed by atoms with Crippen molar-refractivity contribution in [3.05, 3.63) is 77.4 Å². The van der Waals surface area contributed by atoms with Gasteiger partial charge in [-0.15, -0.1) is 0 Å². The molecule has 2 N–H and O–H groups in total. The number of hydrogen-bond donors (Lipinski definition) is 2. The maximum absolute atomic E-state index is 10.8. The third kappa shape index (κ3) is 5.00. The van der Waals surface area contributed by atoms with Gasteiger partial charge in [-0.25, -0.2) is 0 Å². The van der Waals surface area contributed by atoms with E-state index in [-0.39, 0.29) is 6.42 Å². The number of rotatable bonds is 8. The number of carboxylic acid groups (broad SMARTS) is 1. The molecule has 1 heterocycles. The van der Waals surface area contributed by atoms with Crippen molar-refractivity contribution in [2.75, 3.05) is 26.2 Å². The lowest BCUT2D eigenvalue weighted by molar-refractivity contribution is -0.899. The van der Waals surface area contributed by atoms with Crippen molar-refractivity contribution in [1.82, 2.24) is 0 Å². The van der Waals surface area contributed by atoms with E-state index >= 15 is 0 Å². The van der Waals surface area contributed by atoms with Crippen LogP contribution in [-0.4, -0.2) is 37.3 Å². The molecule has 3 aromatic carbocycles. The zero-order valence-corrected chi connectivity index (χ0v) is 17.4. The molecule has 0 saturated heterocycles. The number of fused-ring (bicyclic) bond motifs is 2. The molecule has 4 nitrogen and oxygen atoms in total. The van der Waals surface area contributed by atoms with Gasteiger partial charge in [-0.1, -0.05) is 54.6 Å². The Morgan fingerprint density at radius 3 is 2.67 bits per heavy atom. The normalized spacial score (nSPS) is 16.1. The minimum absolute atomic E-state index is 0.263. The van der Waals surface area contributed by atoms with Crippen LogP contribution in [0.5, 0.6) is 5.75 Å². The quantitative estimate of drug-likeness (QED) is 0.606. The fraction of sp³-hybridized carbons (Fsp3) is 0.346. The molecule has 1 aliphatic heterocycles. The van der Waals surface area contributed by atoms with Gasteiger partial charge >= 0.3 is 5.97 Å². The molecule has 0 bridgehead atoms. The van der Waals surface area contributed by atoms with Crippen LogP contribution >= 0.6 is 0 Å². The fourth-order valence-electron chi connectivity index (χ4n) is 4.52. The Balaban J connectivity index is 1.38. The summed E-state index contributed by atoms with van der Waals surface area (Å²) in [6.07, 6.45) is 3.91. The van der Waals surface area contributed by atoms with Gasteiger partial charge in [0.2, 0.25) is 0 Å². The summed E-state index contributed by atoms with van der Waals surface area (Å²) < 4.78 is 6.27. The lowest BCUT2D eigenvalue weighted by Crippen LogP contribution is -3.12. The number of nitrogens with one attached hydrogen (secondary N) is 1. The molecule has 3 aromatic rings. The molecule has 4 rings (SSSR count). The summed E-state index contributed by atoms with van der Waals surface area (Å²) in [6, 6.07) is 21.4. The number of carbonyl (C=O) groups is 1. The van der Waals surface area contributed by atoms with Gasteiger partial charge in [0.1, 0.15) is 5.75 Å². The summed E-state index contributed by atoms with van der Waals surface area (Å²) in [7, 11) is 0. The van der Waals surface area contributed by atoms with Gasteiger partial charge in [0.25, 0.3) is 0 Å². The van der Waals surface area contributed by atoms with Gasteiger partial charge in [0.15, 0.2) is 0 Å². The number of hydrogen-bond acceptors (Lipinski definition) is 2. The highest BCUT2D eigenvalue weighted by Gasteiger charge is 2.19. The minimum Gasteiger partial charge on any atom is -0.493 e. The molecule has 0 radical (unpaired) electrons. The molecule has 0 spiro atoms. The Kier molecular flexibility index (Phi) is 6.65. The summed E-state index contributed by atoms with van der Waals surface area (Å²) >= 11 is 0. The highest BCUT2D eigenvalue weighted by atomic mass is 16.5. The summed E-state index contributed by atoms with van der Waals surface area (Å²) in [6.45, 7) is 3.69. The molecule has 0 saturated carbocycles. The third-order valence-corrected chi connectivity index (χ3v) is 6.14. The van der Waals surface area contributed by atoms with E-state index in [1.54, 1.807) is 0 Å². The predicted molar refractivity (Wildman–Crippen MR) is 119 cm³/mol. The van der Waals surface area contributed by atoms with E-state index < -0.39 is 5.97 Å². The zero-order chi connectivity index (χ0) is 20.8. The van der Waals surface area contributed by atoms with Crippen molar-refractivity contribution in [2.45, 2.75) is 32.1 Å². The van der Waals surface area contributed by atoms with Crippen molar-refractivity contribution < 1.29 is 19.5 Å². The fourth-order valence-corrected chi connectivity index (χ4v) is 4.52. The lowest BCUT2D eigenvalue weighted by atomic mass is 10.0. The first-order valence-electron chi connectivity index (χ1n) is 11.0. The highest BCUT2D eigenvalue weighted by molar-refractivity contribution is 5.85. The summed E-state index contributed by atoms with van der Waals surface area (Å²) in [5.41, 5.74) is 4.04. The van der Waals surface area contributed by atoms with E-state index in [4.69, 9.17) is 9.84 Å². The Morgan fingerprint density at radius 2 is 1.77 bits per heavy atom. The molecule has 156 valence electrons. The van der Waals surface area contributed by atoms with Gasteiger partial charge in [0, 0.05) is 31.2 Å². The van der Waals surface area contributed by atoms with Crippen LogP contribution in [0, 0.1) is 0 Å². The number of aliphatic carboxylic acids is 1. The number of ether oxygens (including phenoxy) is 1. The van der Waals surface area contributed by atoms with Crippen LogP contribution in [0.3, 0.4) is 0 Å². The van der Waals surface area contributed by atoms with Gasteiger partial charge in [-0.2, -0.15) is 0 Å². The molecule has 0 amide bonds. The second kappa shape index (κ2) is 9.77. The van der Waals surface area contributed by atoms with E-state index in [0.29, 0.717) is 6.61 Å². The van der Waals surface area contributed by atoms with Crippen LogP contribution in [0.2, 0.25) is 0 Å². The number of carboxylic acids is 1. The number of benzene rings is 3. The standard InChI is InChI=1S/C26H29NO3/c28-26(29)12-5-16-27-17-13-21-9-4-11-25(24(21)14-18-27)30-19-15-22-8-3-7-20-6-1-2-10-23(20)22/h1-4,6-11H,5,12-19H2,(H,28,29)/p+1. The topological polar surface area (TPSA) is 51.0 Å². The molecular formula is C26H30NO3+. The monoisotopic (exact) mass is 404 g/mol. The average molecular weight is 405 g/mol. The Hall–Kier alpha value is -2.85.